The van der Waals surface area contributed by atoms with Gasteiger partial charge in [-0.3, -0.25) is 0 Å². The SMILES string of the molecule is C=C(CCCCC1CCCCC1)c1ccc(C(=C)c2cc(CC)ccc2C)cc1. The molecule has 0 aromatic heterocycles. The molecule has 0 unspecified atom stereocenters. The first kappa shape index (κ1) is 21.6. The number of rotatable bonds is 9. The maximum absolute atomic E-state index is 4.39. The van der Waals surface area contributed by atoms with Crippen molar-refractivity contribution in [1.82, 2.24) is 0 Å². The van der Waals surface area contributed by atoms with Crippen LogP contribution in [0.15, 0.2) is 55.6 Å². The van der Waals surface area contributed by atoms with Gasteiger partial charge >= 0.3 is 0 Å². The molecule has 1 aliphatic carbocycles. The Hall–Kier alpha value is -2.08. The topological polar surface area (TPSA) is 0 Å². The lowest BCUT2D eigenvalue weighted by molar-refractivity contribution is 0.330. The van der Waals surface area contributed by atoms with Gasteiger partial charge in [0, 0.05) is 0 Å². The van der Waals surface area contributed by atoms with E-state index < -0.39 is 0 Å². The fourth-order valence-electron chi connectivity index (χ4n) is 4.67. The number of aryl methyl sites for hydroxylation is 2. The summed E-state index contributed by atoms with van der Waals surface area (Å²) in [5.74, 6) is 0.997. The second-order valence-corrected chi connectivity index (χ2v) is 8.91. The number of allylic oxidation sites excluding steroid dienone is 1. The first-order chi connectivity index (χ1) is 14.1. The average molecular weight is 387 g/mol. The Morgan fingerprint density at radius 1 is 0.897 bits per heavy atom. The van der Waals surface area contributed by atoms with Gasteiger partial charge in [-0.1, -0.05) is 107 Å². The molecule has 0 spiro atoms. The molecule has 2 aromatic rings. The molecular formula is C29H38. The Morgan fingerprint density at radius 3 is 2.28 bits per heavy atom. The lowest BCUT2D eigenvalue weighted by Gasteiger charge is -2.21. The smallest absolute Gasteiger partial charge is 0.0152 e. The van der Waals surface area contributed by atoms with Crippen LogP contribution in [-0.2, 0) is 6.42 Å². The molecule has 2 aromatic carbocycles. The molecular weight excluding hydrogens is 348 g/mol. The van der Waals surface area contributed by atoms with Crippen LogP contribution in [0, 0.1) is 12.8 Å². The van der Waals surface area contributed by atoms with Gasteiger partial charge in [0.15, 0.2) is 0 Å². The molecule has 0 heteroatoms. The summed E-state index contributed by atoms with van der Waals surface area (Å²) < 4.78 is 0. The minimum absolute atomic E-state index is 0.997. The Balaban J connectivity index is 1.53. The third-order valence-electron chi connectivity index (χ3n) is 6.74. The molecule has 1 fully saturated rings. The van der Waals surface area contributed by atoms with E-state index in [-0.39, 0.29) is 0 Å². The van der Waals surface area contributed by atoms with Gasteiger partial charge in [0.05, 0.1) is 0 Å². The largest absolute Gasteiger partial charge is 0.0952 e. The van der Waals surface area contributed by atoms with E-state index in [4.69, 9.17) is 0 Å². The van der Waals surface area contributed by atoms with Crippen LogP contribution in [0.4, 0.5) is 0 Å². The molecule has 0 saturated heterocycles. The lowest BCUT2D eigenvalue weighted by Crippen LogP contribution is -2.05. The van der Waals surface area contributed by atoms with E-state index >= 15 is 0 Å². The zero-order valence-corrected chi connectivity index (χ0v) is 18.6. The van der Waals surface area contributed by atoms with Crippen LogP contribution in [0.5, 0.6) is 0 Å². The Kier molecular flexibility index (Phi) is 7.92. The van der Waals surface area contributed by atoms with Gasteiger partial charge in [0.1, 0.15) is 0 Å². The van der Waals surface area contributed by atoms with Crippen LogP contribution in [0.25, 0.3) is 11.1 Å². The van der Waals surface area contributed by atoms with Gasteiger partial charge in [-0.2, -0.15) is 0 Å². The van der Waals surface area contributed by atoms with Gasteiger partial charge in [-0.05, 0) is 71.1 Å². The molecule has 154 valence electrons. The first-order valence-electron chi connectivity index (χ1n) is 11.7. The number of benzene rings is 2. The quantitative estimate of drug-likeness (QED) is 0.378. The molecule has 0 radical (unpaired) electrons. The molecule has 0 atom stereocenters. The van der Waals surface area contributed by atoms with E-state index in [1.54, 1.807) is 0 Å². The van der Waals surface area contributed by atoms with E-state index in [1.807, 2.05) is 0 Å². The number of unbranched alkanes of at least 4 members (excludes halogenated alkanes) is 1. The van der Waals surface area contributed by atoms with Gasteiger partial charge in [0.25, 0.3) is 0 Å². The van der Waals surface area contributed by atoms with Crippen molar-refractivity contribution >= 4 is 11.1 Å². The maximum atomic E-state index is 4.39. The molecule has 0 N–H and O–H groups in total. The van der Waals surface area contributed by atoms with Crippen molar-refractivity contribution in [2.75, 3.05) is 0 Å². The fourth-order valence-corrected chi connectivity index (χ4v) is 4.67. The van der Waals surface area contributed by atoms with Gasteiger partial charge in [-0.25, -0.2) is 0 Å². The summed E-state index contributed by atoms with van der Waals surface area (Å²) in [6.45, 7) is 13.1. The van der Waals surface area contributed by atoms with Crippen molar-refractivity contribution in [1.29, 1.82) is 0 Å². The fraction of sp³-hybridized carbons (Fsp3) is 0.448. The Morgan fingerprint density at radius 2 is 1.59 bits per heavy atom. The predicted molar refractivity (Wildman–Crippen MR) is 129 cm³/mol. The van der Waals surface area contributed by atoms with Gasteiger partial charge in [0.2, 0.25) is 0 Å². The summed E-state index contributed by atoms with van der Waals surface area (Å²) in [4.78, 5) is 0. The Bertz CT molecular complexity index is 816. The van der Waals surface area contributed by atoms with Gasteiger partial charge in [-0.15, -0.1) is 0 Å². The molecule has 1 saturated carbocycles. The Labute approximate surface area is 178 Å². The van der Waals surface area contributed by atoms with E-state index in [0.29, 0.717) is 0 Å². The summed E-state index contributed by atoms with van der Waals surface area (Å²) in [5.41, 5.74) is 8.79. The zero-order valence-electron chi connectivity index (χ0n) is 18.6. The maximum Gasteiger partial charge on any atom is -0.0152 e. The lowest BCUT2D eigenvalue weighted by atomic mass is 9.85. The van der Waals surface area contributed by atoms with Crippen LogP contribution in [0.1, 0.15) is 92.5 Å². The average Bonchev–Trinajstić information content (AvgIpc) is 2.77. The van der Waals surface area contributed by atoms with E-state index in [9.17, 15) is 0 Å². The highest BCUT2D eigenvalue weighted by atomic mass is 14.2. The monoisotopic (exact) mass is 386 g/mol. The second-order valence-electron chi connectivity index (χ2n) is 8.91. The van der Waals surface area contributed by atoms with Crippen molar-refractivity contribution in [3.8, 4) is 0 Å². The normalized spacial score (nSPS) is 14.7. The molecule has 1 aliphatic rings. The molecule has 0 aliphatic heterocycles. The summed E-state index contributed by atoms with van der Waals surface area (Å²) in [5, 5.41) is 0. The molecule has 0 nitrogen and oxygen atoms in total. The van der Waals surface area contributed by atoms with Crippen molar-refractivity contribution in [2.24, 2.45) is 5.92 Å². The predicted octanol–water partition coefficient (Wildman–Crippen LogP) is 8.77. The minimum atomic E-state index is 0.997. The minimum Gasteiger partial charge on any atom is -0.0952 e. The third-order valence-corrected chi connectivity index (χ3v) is 6.74. The van der Waals surface area contributed by atoms with E-state index in [0.717, 1.165) is 24.3 Å². The summed E-state index contributed by atoms with van der Waals surface area (Å²) >= 11 is 0. The zero-order chi connectivity index (χ0) is 20.6. The summed E-state index contributed by atoms with van der Waals surface area (Å²) in [6, 6.07) is 15.6. The third kappa shape index (κ3) is 5.95. The summed E-state index contributed by atoms with van der Waals surface area (Å²) in [6.07, 6.45) is 13.5. The van der Waals surface area contributed by atoms with E-state index in [1.165, 1.54) is 84.8 Å². The highest BCUT2D eigenvalue weighted by Gasteiger charge is 2.13. The number of hydrogen-bond acceptors (Lipinski definition) is 0. The van der Waals surface area contributed by atoms with Gasteiger partial charge < -0.3 is 0 Å². The summed E-state index contributed by atoms with van der Waals surface area (Å²) in [7, 11) is 0. The highest BCUT2D eigenvalue weighted by molar-refractivity contribution is 5.80. The number of hydrogen-bond donors (Lipinski definition) is 0. The molecule has 0 amide bonds. The van der Waals surface area contributed by atoms with Crippen molar-refractivity contribution < 1.29 is 0 Å². The van der Waals surface area contributed by atoms with Crippen molar-refractivity contribution in [3.05, 3.63) is 83.4 Å². The van der Waals surface area contributed by atoms with Crippen LogP contribution < -0.4 is 0 Å². The second kappa shape index (κ2) is 10.6. The van der Waals surface area contributed by atoms with Crippen LogP contribution in [-0.4, -0.2) is 0 Å². The van der Waals surface area contributed by atoms with E-state index in [2.05, 4.69) is 69.5 Å². The molecule has 0 heterocycles. The van der Waals surface area contributed by atoms with Crippen molar-refractivity contribution in [3.63, 3.8) is 0 Å². The molecule has 29 heavy (non-hydrogen) atoms. The van der Waals surface area contributed by atoms with Crippen LogP contribution in [0.3, 0.4) is 0 Å². The molecule has 3 rings (SSSR count). The van der Waals surface area contributed by atoms with Crippen molar-refractivity contribution in [2.45, 2.75) is 78.1 Å². The standard InChI is InChI=1S/C29H38/c1-5-25-16-15-23(3)29(21-25)24(4)28-19-17-27(18-20-28)22(2)11-9-10-14-26-12-7-6-8-13-26/h15-21,26H,2,4-14H2,1,3H3. The molecule has 0 bridgehead atoms. The van der Waals surface area contributed by atoms with Crippen LogP contribution in [0.2, 0.25) is 0 Å². The first-order valence-corrected chi connectivity index (χ1v) is 11.7. The van der Waals surface area contributed by atoms with Crippen LogP contribution >= 0.6 is 0 Å². The highest BCUT2D eigenvalue weighted by Crippen LogP contribution is 2.30.